The lowest BCUT2D eigenvalue weighted by Crippen LogP contribution is -2.35. The van der Waals surface area contributed by atoms with Crippen molar-refractivity contribution in [3.8, 4) is 0 Å². The highest BCUT2D eigenvalue weighted by atomic mass is 16.2. The minimum absolute atomic E-state index is 0.0571. The zero-order chi connectivity index (χ0) is 22.7. The number of carbonyl (C=O) groups excluding carboxylic acids is 1. The number of aromatic nitrogens is 4. The molecular formula is C23H30N6O3. The predicted octanol–water partition coefficient (Wildman–Crippen LogP) is 1.57. The number of hydrogen-bond acceptors (Lipinski definition) is 5. The average molecular weight is 439 g/mol. The molecule has 0 aliphatic carbocycles. The molecule has 0 radical (unpaired) electrons. The van der Waals surface area contributed by atoms with Crippen LogP contribution in [0.25, 0.3) is 11.2 Å². The van der Waals surface area contributed by atoms with E-state index < -0.39 is 11.2 Å². The summed E-state index contributed by atoms with van der Waals surface area (Å²) in [6, 6.07) is 9.36. The number of carbonyl (C=O) groups is 1. The lowest BCUT2D eigenvalue weighted by atomic mass is 10.2. The second kappa shape index (κ2) is 9.52. The average Bonchev–Trinajstić information content (AvgIpc) is 2.96. The molecule has 32 heavy (non-hydrogen) atoms. The third-order valence-electron chi connectivity index (χ3n) is 6.10. The smallest absolute Gasteiger partial charge is 0.330 e. The lowest BCUT2D eigenvalue weighted by molar-refractivity contribution is 0.0761. The molecule has 0 spiro atoms. The first-order valence-electron chi connectivity index (χ1n) is 11.2. The number of H-pyrrole nitrogens is 1. The Morgan fingerprint density at radius 2 is 1.88 bits per heavy atom. The van der Waals surface area contributed by atoms with Crippen molar-refractivity contribution in [2.75, 3.05) is 26.2 Å². The van der Waals surface area contributed by atoms with Crippen LogP contribution in [0.2, 0.25) is 0 Å². The van der Waals surface area contributed by atoms with E-state index in [4.69, 9.17) is 4.98 Å². The largest absolute Gasteiger partial charge is 0.337 e. The van der Waals surface area contributed by atoms with Crippen molar-refractivity contribution in [1.82, 2.24) is 28.9 Å². The van der Waals surface area contributed by atoms with Crippen molar-refractivity contribution >= 4 is 17.1 Å². The van der Waals surface area contributed by atoms with E-state index in [0.717, 1.165) is 38.2 Å². The Kier molecular flexibility index (Phi) is 6.55. The first-order valence-corrected chi connectivity index (χ1v) is 11.2. The van der Waals surface area contributed by atoms with Gasteiger partial charge in [0.1, 0.15) is 5.82 Å². The third kappa shape index (κ3) is 4.38. The maximum atomic E-state index is 12.8. The molecule has 0 atom stereocenters. The van der Waals surface area contributed by atoms with E-state index in [1.165, 1.54) is 0 Å². The van der Waals surface area contributed by atoms with E-state index in [1.807, 2.05) is 42.3 Å². The number of rotatable bonds is 6. The topological polar surface area (TPSA) is 96.2 Å². The molecule has 0 bridgehead atoms. The number of hydrogen-bond donors (Lipinski definition) is 1. The van der Waals surface area contributed by atoms with E-state index in [9.17, 15) is 14.4 Å². The van der Waals surface area contributed by atoms with Gasteiger partial charge in [-0.15, -0.1) is 0 Å². The molecule has 170 valence electrons. The van der Waals surface area contributed by atoms with E-state index in [-0.39, 0.29) is 5.91 Å². The number of amides is 1. The van der Waals surface area contributed by atoms with Crippen molar-refractivity contribution in [1.29, 1.82) is 0 Å². The summed E-state index contributed by atoms with van der Waals surface area (Å²) in [4.78, 5) is 48.9. The Labute approximate surface area is 186 Å². The van der Waals surface area contributed by atoms with E-state index in [1.54, 1.807) is 9.13 Å². The molecular weight excluding hydrogens is 408 g/mol. The number of unbranched alkanes of at least 4 members (excludes halogenated alkanes) is 1. The van der Waals surface area contributed by atoms with Gasteiger partial charge >= 0.3 is 5.69 Å². The number of benzene rings is 1. The van der Waals surface area contributed by atoms with Crippen molar-refractivity contribution in [2.24, 2.45) is 7.05 Å². The van der Waals surface area contributed by atoms with Gasteiger partial charge in [0.2, 0.25) is 0 Å². The molecule has 1 amide bonds. The van der Waals surface area contributed by atoms with Gasteiger partial charge in [0.25, 0.3) is 11.5 Å². The number of nitrogens with zero attached hydrogens (tertiary/aromatic N) is 5. The second-order valence-corrected chi connectivity index (χ2v) is 8.31. The first kappa shape index (κ1) is 22.0. The van der Waals surface area contributed by atoms with Crippen LogP contribution < -0.4 is 11.2 Å². The minimum atomic E-state index is -0.412. The SMILES string of the molecule is CCCCn1c(=O)[nH]c(=O)c2c1nc(CN1CCCN(C(=O)c3ccccc3)CC1)n2C. The zero-order valence-electron chi connectivity index (χ0n) is 18.7. The van der Waals surface area contributed by atoms with Gasteiger partial charge in [-0.25, -0.2) is 9.78 Å². The van der Waals surface area contributed by atoms with Gasteiger partial charge in [-0.3, -0.25) is 24.0 Å². The molecule has 1 saturated heterocycles. The van der Waals surface area contributed by atoms with E-state index in [2.05, 4.69) is 16.8 Å². The van der Waals surface area contributed by atoms with Crippen LogP contribution in [0.1, 0.15) is 42.4 Å². The highest BCUT2D eigenvalue weighted by molar-refractivity contribution is 5.94. The van der Waals surface area contributed by atoms with Crippen LogP contribution in [-0.4, -0.2) is 61.0 Å². The van der Waals surface area contributed by atoms with Gasteiger partial charge in [-0.2, -0.15) is 0 Å². The van der Waals surface area contributed by atoms with Crippen molar-refractivity contribution in [2.45, 2.75) is 39.3 Å². The maximum absolute atomic E-state index is 12.8. The summed E-state index contributed by atoms with van der Waals surface area (Å²) >= 11 is 0. The summed E-state index contributed by atoms with van der Waals surface area (Å²) in [5.74, 6) is 0.797. The minimum Gasteiger partial charge on any atom is -0.337 e. The molecule has 1 fully saturated rings. The number of aryl methyl sites for hydroxylation is 2. The van der Waals surface area contributed by atoms with E-state index >= 15 is 0 Å². The molecule has 0 unspecified atom stereocenters. The summed E-state index contributed by atoms with van der Waals surface area (Å²) in [7, 11) is 1.82. The molecule has 0 saturated carbocycles. The monoisotopic (exact) mass is 438 g/mol. The molecule has 4 rings (SSSR count). The second-order valence-electron chi connectivity index (χ2n) is 8.31. The molecule has 1 aromatic carbocycles. The molecule has 1 N–H and O–H groups in total. The predicted molar refractivity (Wildman–Crippen MR) is 123 cm³/mol. The van der Waals surface area contributed by atoms with Crippen LogP contribution in [0.15, 0.2) is 39.9 Å². The van der Waals surface area contributed by atoms with Crippen LogP contribution >= 0.6 is 0 Å². The van der Waals surface area contributed by atoms with Gasteiger partial charge in [0.15, 0.2) is 11.2 Å². The number of aromatic amines is 1. The normalized spacial score (nSPS) is 15.2. The van der Waals surface area contributed by atoms with Crippen LogP contribution in [-0.2, 0) is 20.1 Å². The maximum Gasteiger partial charge on any atom is 0.330 e. The first-order chi connectivity index (χ1) is 15.5. The number of fused-ring (bicyclic) bond motifs is 1. The van der Waals surface area contributed by atoms with Gasteiger partial charge in [-0.05, 0) is 25.0 Å². The Morgan fingerprint density at radius 3 is 2.62 bits per heavy atom. The number of imidazole rings is 1. The van der Waals surface area contributed by atoms with Gasteiger partial charge in [0, 0.05) is 45.3 Å². The Balaban J connectivity index is 1.53. The van der Waals surface area contributed by atoms with Gasteiger partial charge in [-0.1, -0.05) is 31.5 Å². The molecule has 1 aliphatic heterocycles. The standard InChI is InChI=1S/C23H30N6O3/c1-3-4-13-29-20-19(21(30)25-23(29)32)26(2)18(24-20)16-27-11-8-12-28(15-14-27)22(31)17-9-6-5-7-10-17/h5-7,9-10H,3-4,8,11-16H2,1-2H3,(H,25,30,32). The zero-order valence-corrected chi connectivity index (χ0v) is 18.7. The highest BCUT2D eigenvalue weighted by Gasteiger charge is 2.22. The molecule has 3 heterocycles. The summed E-state index contributed by atoms with van der Waals surface area (Å²) in [5, 5.41) is 0. The van der Waals surface area contributed by atoms with Crippen LogP contribution in [0.3, 0.4) is 0 Å². The van der Waals surface area contributed by atoms with Crippen LogP contribution in [0, 0.1) is 0 Å². The third-order valence-corrected chi connectivity index (χ3v) is 6.10. The van der Waals surface area contributed by atoms with Gasteiger partial charge < -0.3 is 9.47 Å². The Hall–Kier alpha value is -3.20. The lowest BCUT2D eigenvalue weighted by Gasteiger charge is -2.22. The van der Waals surface area contributed by atoms with Crippen molar-refractivity contribution < 1.29 is 4.79 Å². The summed E-state index contributed by atoms with van der Waals surface area (Å²) in [6.45, 7) is 6.05. The fourth-order valence-electron chi connectivity index (χ4n) is 4.25. The molecule has 1 aliphatic rings. The summed E-state index contributed by atoms with van der Waals surface area (Å²) in [6.07, 6.45) is 2.65. The van der Waals surface area contributed by atoms with Crippen LogP contribution in [0.4, 0.5) is 0 Å². The Morgan fingerprint density at radius 1 is 1.09 bits per heavy atom. The fourth-order valence-corrected chi connectivity index (χ4v) is 4.25. The number of nitrogens with one attached hydrogen (secondary N) is 1. The summed E-state index contributed by atoms with van der Waals surface area (Å²) < 4.78 is 3.35. The molecule has 3 aromatic rings. The van der Waals surface area contributed by atoms with Crippen LogP contribution in [0.5, 0.6) is 0 Å². The highest BCUT2D eigenvalue weighted by Crippen LogP contribution is 2.15. The van der Waals surface area contributed by atoms with E-state index in [0.29, 0.717) is 42.9 Å². The quantitative estimate of drug-likeness (QED) is 0.630. The summed E-state index contributed by atoms with van der Waals surface area (Å²) in [5.41, 5.74) is 0.757. The Bertz CT molecular complexity index is 1210. The molecule has 9 nitrogen and oxygen atoms in total. The van der Waals surface area contributed by atoms with Crippen molar-refractivity contribution in [3.63, 3.8) is 0 Å². The molecule has 9 heteroatoms. The van der Waals surface area contributed by atoms with Crippen molar-refractivity contribution in [3.05, 3.63) is 62.6 Å². The fraction of sp³-hybridized carbons (Fsp3) is 0.478. The molecule has 2 aromatic heterocycles. The van der Waals surface area contributed by atoms with Gasteiger partial charge in [0.05, 0.1) is 6.54 Å².